The van der Waals surface area contributed by atoms with Gasteiger partial charge in [0.2, 0.25) is 21.8 Å². The van der Waals surface area contributed by atoms with Crippen LogP contribution in [0.2, 0.25) is 5.02 Å². The Morgan fingerprint density at radius 1 is 1.06 bits per heavy atom. The van der Waals surface area contributed by atoms with Crippen LogP contribution in [0.3, 0.4) is 0 Å². The number of halogens is 3. The third kappa shape index (κ3) is 8.44. The molecule has 0 heterocycles. The lowest BCUT2D eigenvalue weighted by atomic mass is 10.1. The van der Waals surface area contributed by atoms with Crippen molar-refractivity contribution in [3.63, 3.8) is 0 Å². The third-order valence-electron chi connectivity index (χ3n) is 5.78. The maximum atomic E-state index is 13.7. The molecule has 0 bridgehead atoms. The van der Waals surface area contributed by atoms with E-state index >= 15 is 0 Å². The van der Waals surface area contributed by atoms with Crippen LogP contribution in [0.1, 0.15) is 45.6 Å². The van der Waals surface area contributed by atoms with Crippen molar-refractivity contribution < 1.29 is 26.8 Å². The molecule has 2 aromatic carbocycles. The minimum atomic E-state index is -3.82. The quantitative estimate of drug-likeness (QED) is 0.427. The second-order valence-electron chi connectivity index (χ2n) is 8.68. The molecule has 0 saturated carbocycles. The number of rotatable bonds is 12. The van der Waals surface area contributed by atoms with Crippen LogP contribution < -0.4 is 9.62 Å². The lowest BCUT2D eigenvalue weighted by molar-refractivity contribution is -0.140. The van der Waals surface area contributed by atoms with Gasteiger partial charge < -0.3 is 10.2 Å². The first-order chi connectivity index (χ1) is 16.8. The number of carbonyl (C=O) groups is 2. The first kappa shape index (κ1) is 29.5. The average Bonchev–Trinajstić information content (AvgIpc) is 2.81. The number of benzene rings is 2. The maximum Gasteiger partial charge on any atom is 0.242 e. The van der Waals surface area contributed by atoms with Gasteiger partial charge in [-0.15, -0.1) is 0 Å². The van der Waals surface area contributed by atoms with Gasteiger partial charge in [-0.25, -0.2) is 17.2 Å². The third-order valence-corrected chi connectivity index (χ3v) is 7.22. The van der Waals surface area contributed by atoms with Crippen molar-refractivity contribution in [2.24, 2.45) is 0 Å². The van der Waals surface area contributed by atoms with E-state index in [9.17, 15) is 26.8 Å². The van der Waals surface area contributed by atoms with Gasteiger partial charge >= 0.3 is 0 Å². The van der Waals surface area contributed by atoms with E-state index in [0.717, 1.165) is 40.7 Å². The van der Waals surface area contributed by atoms with Crippen molar-refractivity contribution in [2.45, 2.75) is 58.7 Å². The number of amides is 2. The Labute approximate surface area is 216 Å². The highest BCUT2D eigenvalue weighted by Crippen LogP contribution is 2.22. The van der Waals surface area contributed by atoms with Crippen LogP contribution in [0.15, 0.2) is 42.5 Å². The van der Waals surface area contributed by atoms with Crippen LogP contribution in [-0.2, 0) is 26.2 Å². The smallest absolute Gasteiger partial charge is 0.242 e. The van der Waals surface area contributed by atoms with Crippen molar-refractivity contribution in [1.82, 2.24) is 10.2 Å². The molecule has 0 aromatic heterocycles. The number of anilines is 1. The van der Waals surface area contributed by atoms with E-state index in [0.29, 0.717) is 5.02 Å². The predicted molar refractivity (Wildman–Crippen MR) is 137 cm³/mol. The van der Waals surface area contributed by atoms with E-state index in [1.54, 1.807) is 31.2 Å². The Morgan fingerprint density at radius 3 is 2.25 bits per heavy atom. The molecule has 0 radical (unpaired) electrons. The number of nitrogens with zero attached hydrogens (tertiary/aromatic N) is 2. The summed E-state index contributed by atoms with van der Waals surface area (Å²) in [5, 5.41) is 3.42. The molecule has 36 heavy (non-hydrogen) atoms. The molecule has 2 aromatic rings. The summed E-state index contributed by atoms with van der Waals surface area (Å²) in [6, 6.07) is 8.87. The number of carbonyl (C=O) groups excluding carboxylic acids is 2. The molecule has 2 atom stereocenters. The number of hydrogen-bond acceptors (Lipinski definition) is 4. The fraction of sp³-hybridized carbons (Fsp3) is 0.440. The van der Waals surface area contributed by atoms with Crippen LogP contribution in [-0.4, -0.2) is 50.0 Å². The van der Waals surface area contributed by atoms with Crippen LogP contribution >= 0.6 is 11.6 Å². The van der Waals surface area contributed by atoms with E-state index < -0.39 is 27.7 Å². The van der Waals surface area contributed by atoms with Crippen LogP contribution in [0.5, 0.6) is 0 Å². The monoisotopic (exact) mass is 543 g/mol. The van der Waals surface area contributed by atoms with E-state index in [2.05, 4.69) is 5.32 Å². The summed E-state index contributed by atoms with van der Waals surface area (Å²) in [5.41, 5.74) is 0.735. The first-order valence-corrected chi connectivity index (χ1v) is 13.8. The van der Waals surface area contributed by atoms with E-state index in [4.69, 9.17) is 11.6 Å². The van der Waals surface area contributed by atoms with E-state index in [1.807, 2.05) is 13.8 Å². The average molecular weight is 544 g/mol. The number of hydrogen-bond donors (Lipinski definition) is 1. The molecular weight excluding hydrogens is 512 g/mol. The second-order valence-corrected chi connectivity index (χ2v) is 11.0. The summed E-state index contributed by atoms with van der Waals surface area (Å²) in [5.74, 6) is -2.92. The molecule has 0 spiro atoms. The number of sulfonamides is 1. The van der Waals surface area contributed by atoms with Gasteiger partial charge in [0.25, 0.3) is 0 Å². The zero-order chi connectivity index (χ0) is 27.0. The Morgan fingerprint density at radius 2 is 1.69 bits per heavy atom. The van der Waals surface area contributed by atoms with Gasteiger partial charge in [0.1, 0.15) is 6.04 Å². The van der Waals surface area contributed by atoms with Crippen LogP contribution in [0.4, 0.5) is 14.5 Å². The fourth-order valence-corrected chi connectivity index (χ4v) is 4.56. The molecule has 0 aliphatic carbocycles. The van der Waals surface area contributed by atoms with Gasteiger partial charge in [0.15, 0.2) is 11.6 Å². The maximum absolute atomic E-state index is 13.7. The molecule has 0 aliphatic heterocycles. The van der Waals surface area contributed by atoms with Crippen LogP contribution in [0.25, 0.3) is 0 Å². The topological polar surface area (TPSA) is 86.8 Å². The van der Waals surface area contributed by atoms with Gasteiger partial charge in [-0.3, -0.25) is 13.9 Å². The Balaban J connectivity index is 2.18. The molecule has 11 heteroatoms. The summed E-state index contributed by atoms with van der Waals surface area (Å²) in [6.07, 6.45) is 1.71. The minimum Gasteiger partial charge on any atom is -0.352 e. The molecule has 7 nitrogen and oxygen atoms in total. The summed E-state index contributed by atoms with van der Waals surface area (Å²) in [7, 11) is -3.82. The molecule has 0 saturated heterocycles. The zero-order valence-electron chi connectivity index (χ0n) is 20.8. The summed E-state index contributed by atoms with van der Waals surface area (Å²) < 4.78 is 52.5. The van der Waals surface area contributed by atoms with Crippen molar-refractivity contribution >= 4 is 39.1 Å². The molecule has 0 fully saturated rings. The zero-order valence-corrected chi connectivity index (χ0v) is 22.4. The highest BCUT2D eigenvalue weighted by atomic mass is 35.5. The van der Waals surface area contributed by atoms with Gasteiger partial charge in [0, 0.05) is 36.6 Å². The van der Waals surface area contributed by atoms with Crippen molar-refractivity contribution in [2.75, 3.05) is 17.1 Å². The summed E-state index contributed by atoms with van der Waals surface area (Å²) >= 11 is 5.96. The SMILES string of the molecule is CC[C@@H](C)NC(=O)[C@H](C)N(Cc1ccc(Cl)cc1)C(=O)CCCN(c1ccc(F)c(F)c1)S(C)(=O)=O. The minimum absolute atomic E-state index is 0.0387. The molecule has 0 aliphatic rings. The van der Waals surface area contributed by atoms with Gasteiger partial charge in [0.05, 0.1) is 11.9 Å². The second kappa shape index (κ2) is 13.0. The molecule has 2 rings (SSSR count). The highest BCUT2D eigenvalue weighted by Gasteiger charge is 2.27. The highest BCUT2D eigenvalue weighted by molar-refractivity contribution is 7.92. The van der Waals surface area contributed by atoms with Gasteiger partial charge in [-0.05, 0) is 56.5 Å². The van der Waals surface area contributed by atoms with Crippen LogP contribution in [0, 0.1) is 11.6 Å². The molecule has 0 unspecified atom stereocenters. The Bertz CT molecular complexity index is 1160. The molecule has 1 N–H and O–H groups in total. The standard InChI is InChI=1S/C25H32ClF2N3O4S/c1-5-17(2)29-25(33)18(3)30(16-19-8-10-20(26)11-9-19)24(32)7-6-14-31(36(4,34)35)21-12-13-22(27)23(28)15-21/h8-13,15,17-18H,5-7,14,16H2,1-4H3,(H,29,33)/t17-,18+/m1/s1. The molecule has 198 valence electrons. The Hall–Kier alpha value is -2.72. The largest absolute Gasteiger partial charge is 0.352 e. The van der Waals surface area contributed by atoms with Crippen molar-refractivity contribution in [1.29, 1.82) is 0 Å². The fourth-order valence-electron chi connectivity index (χ4n) is 3.48. The van der Waals surface area contributed by atoms with Gasteiger partial charge in [-0.2, -0.15) is 0 Å². The normalized spacial score (nSPS) is 13.1. The lowest BCUT2D eigenvalue weighted by Crippen LogP contribution is -2.49. The Kier molecular flexibility index (Phi) is 10.7. The molecular formula is C25H32ClF2N3O4S. The summed E-state index contributed by atoms with van der Waals surface area (Å²) in [6.45, 7) is 5.47. The van der Waals surface area contributed by atoms with E-state index in [1.165, 1.54) is 4.90 Å². The lowest BCUT2D eigenvalue weighted by Gasteiger charge is -2.30. The summed E-state index contributed by atoms with van der Waals surface area (Å²) in [4.78, 5) is 27.4. The van der Waals surface area contributed by atoms with E-state index in [-0.39, 0.29) is 49.5 Å². The number of nitrogens with one attached hydrogen (secondary N) is 1. The van der Waals surface area contributed by atoms with Gasteiger partial charge in [-0.1, -0.05) is 30.7 Å². The van der Waals surface area contributed by atoms with Crippen molar-refractivity contribution in [3.8, 4) is 0 Å². The predicted octanol–water partition coefficient (Wildman–Crippen LogP) is 4.50. The van der Waals surface area contributed by atoms with Crippen molar-refractivity contribution in [3.05, 3.63) is 64.7 Å². The first-order valence-electron chi connectivity index (χ1n) is 11.6. The molecule has 2 amide bonds.